The summed E-state index contributed by atoms with van der Waals surface area (Å²) in [6, 6.07) is 8.37. The van der Waals surface area contributed by atoms with E-state index < -0.39 is 27.4 Å². The standard InChI is InChI=1S/C32H38F3NO5S2/c1-29-14-11-23(37)18-22(29)7-10-25-26(29)12-15-30(2)27(25)13-16-31(30,38)20-36(43(39,40)28-4-3-17-42-28)19-21-5-8-24(9-6-21)41-32(33,34)35/h3-10,17,23,26-27,37-38H,11-16,18-20H2,1-2H3/t23-,26-,27-,29-,30-,31+/m0/s1. The van der Waals surface area contributed by atoms with Crippen molar-refractivity contribution in [2.24, 2.45) is 22.7 Å². The predicted octanol–water partition coefficient (Wildman–Crippen LogP) is 6.81. The largest absolute Gasteiger partial charge is 0.573 e. The van der Waals surface area contributed by atoms with E-state index in [0.717, 1.165) is 43.4 Å². The maximum Gasteiger partial charge on any atom is 0.573 e. The molecular weight excluding hydrogens is 599 g/mol. The second kappa shape index (κ2) is 10.7. The van der Waals surface area contributed by atoms with Crippen molar-refractivity contribution in [1.29, 1.82) is 0 Å². The van der Waals surface area contributed by atoms with Gasteiger partial charge in [-0.25, -0.2) is 8.42 Å². The number of fused-ring (bicyclic) bond motifs is 5. The third-order valence-corrected chi connectivity index (χ3v) is 14.1. The number of allylic oxidation sites excluding steroid dienone is 3. The first-order chi connectivity index (χ1) is 20.1. The van der Waals surface area contributed by atoms with Crippen LogP contribution in [0.3, 0.4) is 0 Å². The first kappa shape index (κ1) is 30.8. The van der Waals surface area contributed by atoms with Crippen molar-refractivity contribution in [3.05, 3.63) is 70.6 Å². The molecule has 6 atom stereocenters. The fourth-order valence-corrected chi connectivity index (χ4v) is 11.0. The first-order valence-corrected chi connectivity index (χ1v) is 17.2. The van der Waals surface area contributed by atoms with E-state index in [1.807, 2.05) is 0 Å². The highest BCUT2D eigenvalue weighted by atomic mass is 32.2. The van der Waals surface area contributed by atoms with Gasteiger partial charge in [-0.05, 0) is 91.3 Å². The Morgan fingerprint density at radius 3 is 2.42 bits per heavy atom. The number of sulfonamides is 1. The van der Waals surface area contributed by atoms with Gasteiger partial charge in [-0.2, -0.15) is 4.31 Å². The van der Waals surface area contributed by atoms with Crippen molar-refractivity contribution in [2.45, 2.75) is 87.6 Å². The Morgan fingerprint density at radius 2 is 1.74 bits per heavy atom. The third-order valence-electron chi connectivity index (χ3n) is 10.9. The number of halogens is 3. The van der Waals surface area contributed by atoms with Crippen LogP contribution in [0.25, 0.3) is 0 Å². The fourth-order valence-electron chi connectivity index (χ4n) is 8.41. The zero-order valence-electron chi connectivity index (χ0n) is 24.3. The average molecular weight is 638 g/mol. The summed E-state index contributed by atoms with van der Waals surface area (Å²) < 4.78 is 71.3. The summed E-state index contributed by atoms with van der Waals surface area (Å²) >= 11 is 1.09. The normalized spacial score (nSPS) is 34.2. The van der Waals surface area contributed by atoms with E-state index in [1.165, 1.54) is 45.8 Å². The molecule has 1 heterocycles. The molecule has 2 aromatic rings. The summed E-state index contributed by atoms with van der Waals surface area (Å²) in [5.41, 5.74) is 1.25. The number of aliphatic hydroxyl groups is 2. The maximum absolute atomic E-state index is 13.9. The molecule has 0 bridgehead atoms. The van der Waals surface area contributed by atoms with E-state index >= 15 is 0 Å². The highest BCUT2D eigenvalue weighted by Crippen LogP contribution is 2.66. The van der Waals surface area contributed by atoms with Gasteiger partial charge in [0.05, 0.1) is 11.7 Å². The number of hydrogen-bond donors (Lipinski definition) is 2. The lowest BCUT2D eigenvalue weighted by Gasteiger charge is -2.56. The van der Waals surface area contributed by atoms with Crippen LogP contribution in [0.5, 0.6) is 5.75 Å². The van der Waals surface area contributed by atoms with Crippen molar-refractivity contribution >= 4 is 21.4 Å². The van der Waals surface area contributed by atoms with Gasteiger partial charge in [0.25, 0.3) is 10.0 Å². The summed E-state index contributed by atoms with van der Waals surface area (Å²) in [4.78, 5) is 0. The average Bonchev–Trinajstić information content (AvgIpc) is 3.57. The Balaban J connectivity index is 1.30. The van der Waals surface area contributed by atoms with Crippen LogP contribution in [-0.2, 0) is 16.6 Å². The van der Waals surface area contributed by atoms with E-state index in [2.05, 4.69) is 30.7 Å². The van der Waals surface area contributed by atoms with Crippen LogP contribution >= 0.6 is 11.3 Å². The fraction of sp³-hybridized carbons (Fsp3) is 0.562. The summed E-state index contributed by atoms with van der Waals surface area (Å²) in [7, 11) is -4.01. The molecule has 0 saturated heterocycles. The van der Waals surface area contributed by atoms with Gasteiger partial charge in [-0.3, -0.25) is 0 Å². The van der Waals surface area contributed by atoms with E-state index in [0.29, 0.717) is 24.3 Å². The Labute approximate surface area is 254 Å². The molecule has 6 nitrogen and oxygen atoms in total. The molecule has 0 amide bonds. The molecule has 0 aliphatic heterocycles. The Bertz CT molecular complexity index is 1520. The number of rotatable bonds is 7. The van der Waals surface area contributed by atoms with Crippen molar-refractivity contribution in [3.8, 4) is 5.75 Å². The van der Waals surface area contributed by atoms with Crippen LogP contribution in [-0.4, -0.2) is 47.5 Å². The summed E-state index contributed by atoms with van der Waals surface area (Å²) in [5.74, 6) is 0.0520. The van der Waals surface area contributed by atoms with Crippen LogP contribution in [0.15, 0.2) is 69.3 Å². The monoisotopic (exact) mass is 637 g/mol. The van der Waals surface area contributed by atoms with Gasteiger partial charge in [0, 0.05) is 18.5 Å². The Kier molecular flexibility index (Phi) is 7.69. The van der Waals surface area contributed by atoms with Crippen LogP contribution < -0.4 is 4.74 Å². The number of aliphatic hydroxyl groups excluding tert-OH is 1. The molecule has 3 fully saturated rings. The smallest absolute Gasteiger partial charge is 0.406 e. The summed E-state index contributed by atoms with van der Waals surface area (Å²) in [5, 5.41) is 24.4. The second-order valence-corrected chi connectivity index (χ2v) is 16.3. The molecule has 1 aromatic heterocycles. The quantitative estimate of drug-likeness (QED) is 0.348. The lowest BCUT2D eigenvalue weighted by molar-refractivity contribution is -0.274. The number of alkyl halides is 3. The van der Waals surface area contributed by atoms with Crippen LogP contribution in [0, 0.1) is 22.7 Å². The number of hydrogen-bond acceptors (Lipinski definition) is 6. The lowest BCUT2D eigenvalue weighted by atomic mass is 9.50. The topological polar surface area (TPSA) is 87.1 Å². The molecule has 4 aliphatic rings. The van der Waals surface area contributed by atoms with Crippen LogP contribution in [0.4, 0.5) is 13.2 Å². The van der Waals surface area contributed by atoms with Gasteiger partial charge in [0.15, 0.2) is 0 Å². The van der Waals surface area contributed by atoms with Gasteiger partial charge < -0.3 is 14.9 Å². The molecule has 0 unspecified atom stereocenters. The molecule has 0 radical (unpaired) electrons. The van der Waals surface area contributed by atoms with Crippen molar-refractivity contribution in [3.63, 3.8) is 0 Å². The zero-order valence-corrected chi connectivity index (χ0v) is 25.9. The molecular formula is C32H38F3NO5S2. The van der Waals surface area contributed by atoms with Crippen LogP contribution in [0.1, 0.15) is 64.4 Å². The minimum Gasteiger partial charge on any atom is -0.406 e. The highest BCUT2D eigenvalue weighted by molar-refractivity contribution is 7.91. The van der Waals surface area contributed by atoms with Crippen LogP contribution in [0.2, 0.25) is 0 Å². The molecule has 1 aromatic carbocycles. The van der Waals surface area contributed by atoms with Crippen molar-refractivity contribution in [2.75, 3.05) is 6.54 Å². The van der Waals surface area contributed by atoms with E-state index in [-0.39, 0.29) is 40.5 Å². The Morgan fingerprint density at radius 1 is 1.02 bits per heavy atom. The van der Waals surface area contributed by atoms with E-state index in [1.54, 1.807) is 11.4 Å². The highest BCUT2D eigenvalue weighted by Gasteiger charge is 2.62. The molecule has 0 spiro atoms. The molecule has 11 heteroatoms. The number of nitrogens with zero attached hydrogens (tertiary/aromatic N) is 1. The maximum atomic E-state index is 13.9. The van der Waals surface area contributed by atoms with Gasteiger partial charge in [0.1, 0.15) is 9.96 Å². The van der Waals surface area contributed by atoms with E-state index in [9.17, 15) is 31.8 Å². The summed E-state index contributed by atoms with van der Waals surface area (Å²) in [6.07, 6.45) is 4.47. The number of benzene rings is 1. The SMILES string of the molecule is C[C@]12CC[C@H](O)CC1=CC=C1[C@@H]2CC[C@@]2(C)[C@H]1CC[C@@]2(O)CN(Cc1ccc(OC(F)(F)F)cc1)S(=O)(=O)c1cccs1. The molecule has 6 rings (SSSR count). The minimum atomic E-state index is -4.83. The van der Waals surface area contributed by atoms with Gasteiger partial charge >= 0.3 is 6.36 Å². The second-order valence-electron chi connectivity index (χ2n) is 13.2. The van der Waals surface area contributed by atoms with Crippen molar-refractivity contribution < 1.29 is 36.5 Å². The van der Waals surface area contributed by atoms with Crippen molar-refractivity contribution in [1.82, 2.24) is 4.31 Å². The molecule has 3 saturated carbocycles. The zero-order chi connectivity index (χ0) is 30.8. The number of thiophene rings is 1. The minimum absolute atomic E-state index is 0.0120. The van der Waals surface area contributed by atoms with Gasteiger partial charge in [0.2, 0.25) is 0 Å². The van der Waals surface area contributed by atoms with E-state index in [4.69, 9.17) is 0 Å². The van der Waals surface area contributed by atoms with Gasteiger partial charge in [-0.15, -0.1) is 24.5 Å². The molecule has 2 N–H and O–H groups in total. The summed E-state index contributed by atoms with van der Waals surface area (Å²) in [6.45, 7) is 4.18. The molecule has 4 aliphatic carbocycles. The molecule has 43 heavy (non-hydrogen) atoms. The Hall–Kier alpha value is -2.18. The third kappa shape index (κ3) is 5.39. The lowest BCUT2D eigenvalue weighted by Crippen LogP contribution is -2.56. The number of ether oxygens (including phenoxy) is 1. The predicted molar refractivity (Wildman–Crippen MR) is 158 cm³/mol. The molecule has 234 valence electrons. The first-order valence-electron chi connectivity index (χ1n) is 14.8. The van der Waals surface area contributed by atoms with Gasteiger partial charge in [-0.1, -0.05) is 55.3 Å².